The average molecular weight is 344 g/mol. The highest BCUT2D eigenvalue weighted by atomic mass is 127. The minimum absolute atomic E-state index is 0.859. The van der Waals surface area contributed by atoms with E-state index in [0.29, 0.717) is 0 Å². The Kier molecular flexibility index (Phi) is 3.81. The van der Waals surface area contributed by atoms with Crippen molar-refractivity contribution in [3.63, 3.8) is 0 Å². The minimum Gasteiger partial charge on any atom is -0.380 e. The zero-order chi connectivity index (χ0) is 11.5. The lowest BCUT2D eigenvalue weighted by atomic mass is 10.2. The first-order chi connectivity index (χ1) is 7.68. The highest BCUT2D eigenvalue weighted by molar-refractivity contribution is 14.1. The first-order valence-corrected chi connectivity index (χ1v) is 7.02. The number of benzene rings is 1. The first-order valence-electron chi connectivity index (χ1n) is 5.06. The summed E-state index contributed by atoms with van der Waals surface area (Å²) in [5.41, 5.74) is 5.54. The van der Waals surface area contributed by atoms with Crippen LogP contribution in [0.4, 0.5) is 5.69 Å². The van der Waals surface area contributed by atoms with E-state index in [1.54, 1.807) is 11.3 Å². The molecule has 0 aliphatic rings. The van der Waals surface area contributed by atoms with Crippen LogP contribution in [0.3, 0.4) is 0 Å². The van der Waals surface area contributed by atoms with E-state index in [9.17, 15) is 0 Å². The summed E-state index contributed by atoms with van der Waals surface area (Å²) in [5, 5.41) is 3.46. The molecule has 0 atom stereocenters. The zero-order valence-corrected chi connectivity index (χ0v) is 12.2. The molecule has 2 aromatic rings. The summed E-state index contributed by atoms with van der Waals surface area (Å²) in [7, 11) is 0. The third-order valence-electron chi connectivity index (χ3n) is 2.55. The van der Waals surface area contributed by atoms with Gasteiger partial charge in [0.05, 0.1) is 17.7 Å². The zero-order valence-electron chi connectivity index (χ0n) is 9.25. The van der Waals surface area contributed by atoms with Crippen LogP contribution in [0.5, 0.6) is 0 Å². The van der Waals surface area contributed by atoms with Gasteiger partial charge in [-0.1, -0.05) is 6.07 Å². The van der Waals surface area contributed by atoms with Crippen LogP contribution in [0.15, 0.2) is 23.7 Å². The van der Waals surface area contributed by atoms with E-state index in [4.69, 9.17) is 0 Å². The number of halogens is 1. The Balaban J connectivity index is 2.11. The second kappa shape index (κ2) is 5.14. The molecule has 4 heteroatoms. The normalized spacial score (nSPS) is 10.4. The van der Waals surface area contributed by atoms with Crippen LogP contribution in [0.1, 0.15) is 16.1 Å². The number of aryl methyl sites for hydroxylation is 1. The maximum absolute atomic E-state index is 4.25. The van der Waals surface area contributed by atoms with Gasteiger partial charge in [-0.25, -0.2) is 4.98 Å². The Bertz CT molecular complexity index is 494. The second-order valence-electron chi connectivity index (χ2n) is 3.63. The van der Waals surface area contributed by atoms with Crippen molar-refractivity contribution in [3.8, 4) is 0 Å². The van der Waals surface area contributed by atoms with Crippen LogP contribution in [0, 0.1) is 17.4 Å². The molecule has 0 saturated carbocycles. The Morgan fingerprint density at radius 3 is 2.88 bits per heavy atom. The fraction of sp³-hybridized carbons (Fsp3) is 0.250. The molecule has 0 fully saturated rings. The molecule has 0 aliphatic carbocycles. The van der Waals surface area contributed by atoms with Crippen molar-refractivity contribution >= 4 is 39.6 Å². The van der Waals surface area contributed by atoms with Crippen LogP contribution in [-0.4, -0.2) is 4.98 Å². The Labute approximate surface area is 113 Å². The number of hydrogen-bond donors (Lipinski definition) is 1. The molecule has 0 radical (unpaired) electrons. The molecule has 0 bridgehead atoms. The standard InChI is InChI=1S/C12H13IN2S/c1-8-10(13)4-3-5-11(8)14-6-12-9(2)15-7-16-12/h3-5,7,14H,6H2,1-2H3. The maximum Gasteiger partial charge on any atom is 0.0798 e. The molecule has 0 spiro atoms. The SMILES string of the molecule is Cc1ncsc1CNc1cccc(I)c1C. The highest BCUT2D eigenvalue weighted by Gasteiger charge is 2.04. The van der Waals surface area contributed by atoms with E-state index < -0.39 is 0 Å². The van der Waals surface area contributed by atoms with Crippen molar-refractivity contribution in [2.75, 3.05) is 5.32 Å². The predicted molar refractivity (Wildman–Crippen MR) is 78.1 cm³/mol. The minimum atomic E-state index is 0.859. The third kappa shape index (κ3) is 2.55. The van der Waals surface area contributed by atoms with Gasteiger partial charge in [0.2, 0.25) is 0 Å². The quantitative estimate of drug-likeness (QED) is 0.852. The summed E-state index contributed by atoms with van der Waals surface area (Å²) >= 11 is 4.06. The summed E-state index contributed by atoms with van der Waals surface area (Å²) in [6.07, 6.45) is 0. The molecule has 16 heavy (non-hydrogen) atoms. The van der Waals surface area contributed by atoms with Gasteiger partial charge < -0.3 is 5.32 Å². The maximum atomic E-state index is 4.25. The van der Waals surface area contributed by atoms with Crippen LogP contribution < -0.4 is 5.32 Å². The average Bonchev–Trinajstić information content (AvgIpc) is 2.67. The Hall–Kier alpha value is -0.620. The van der Waals surface area contributed by atoms with Gasteiger partial charge in [0.15, 0.2) is 0 Å². The number of nitrogens with one attached hydrogen (secondary N) is 1. The molecular weight excluding hydrogens is 331 g/mol. The smallest absolute Gasteiger partial charge is 0.0798 e. The van der Waals surface area contributed by atoms with E-state index in [-0.39, 0.29) is 0 Å². The summed E-state index contributed by atoms with van der Waals surface area (Å²) < 4.78 is 1.30. The van der Waals surface area contributed by atoms with E-state index in [0.717, 1.165) is 12.2 Å². The summed E-state index contributed by atoms with van der Waals surface area (Å²) in [4.78, 5) is 5.55. The second-order valence-corrected chi connectivity index (χ2v) is 5.73. The van der Waals surface area contributed by atoms with Crippen LogP contribution in [-0.2, 0) is 6.54 Å². The van der Waals surface area contributed by atoms with Gasteiger partial charge in [-0.05, 0) is 54.1 Å². The molecule has 1 aromatic heterocycles. The Morgan fingerprint density at radius 1 is 1.38 bits per heavy atom. The molecule has 2 rings (SSSR count). The van der Waals surface area contributed by atoms with E-state index >= 15 is 0 Å². The molecule has 1 heterocycles. The van der Waals surface area contributed by atoms with Gasteiger partial charge in [0.1, 0.15) is 0 Å². The summed E-state index contributed by atoms with van der Waals surface area (Å²) in [5.74, 6) is 0. The molecule has 1 N–H and O–H groups in total. The largest absolute Gasteiger partial charge is 0.380 e. The molecular formula is C12H13IN2S. The van der Waals surface area contributed by atoms with Crippen LogP contribution in [0.2, 0.25) is 0 Å². The Morgan fingerprint density at radius 2 is 2.19 bits per heavy atom. The van der Waals surface area contributed by atoms with Crippen molar-refractivity contribution in [1.82, 2.24) is 4.98 Å². The lowest BCUT2D eigenvalue weighted by molar-refractivity contribution is 1.11. The molecule has 84 valence electrons. The summed E-state index contributed by atoms with van der Waals surface area (Å²) in [6.45, 7) is 5.05. The fourth-order valence-corrected chi connectivity index (χ4v) is 2.69. The van der Waals surface area contributed by atoms with Gasteiger partial charge in [-0.2, -0.15) is 0 Å². The molecule has 1 aromatic carbocycles. The van der Waals surface area contributed by atoms with Crippen LogP contribution in [0.25, 0.3) is 0 Å². The molecule has 0 saturated heterocycles. The topological polar surface area (TPSA) is 24.9 Å². The van der Waals surface area contributed by atoms with Crippen molar-refractivity contribution in [2.24, 2.45) is 0 Å². The summed E-state index contributed by atoms with van der Waals surface area (Å²) in [6, 6.07) is 6.32. The first kappa shape index (κ1) is 11.9. The number of anilines is 1. The van der Waals surface area contributed by atoms with E-state index in [2.05, 4.69) is 64.9 Å². The predicted octanol–water partition coefficient (Wildman–Crippen LogP) is 3.98. The molecule has 0 unspecified atom stereocenters. The molecule has 0 amide bonds. The van der Waals surface area contributed by atoms with Gasteiger partial charge in [-0.3, -0.25) is 0 Å². The molecule has 2 nitrogen and oxygen atoms in total. The number of hydrogen-bond acceptors (Lipinski definition) is 3. The van der Waals surface area contributed by atoms with Crippen molar-refractivity contribution in [2.45, 2.75) is 20.4 Å². The lowest BCUT2D eigenvalue weighted by Crippen LogP contribution is -2.01. The van der Waals surface area contributed by atoms with Gasteiger partial charge in [-0.15, -0.1) is 11.3 Å². The number of aromatic nitrogens is 1. The third-order valence-corrected chi connectivity index (χ3v) is 4.66. The monoisotopic (exact) mass is 344 g/mol. The van der Waals surface area contributed by atoms with E-state index in [1.165, 1.54) is 19.7 Å². The number of thiazole rings is 1. The van der Waals surface area contributed by atoms with Crippen molar-refractivity contribution in [3.05, 3.63) is 43.4 Å². The van der Waals surface area contributed by atoms with Gasteiger partial charge in [0.25, 0.3) is 0 Å². The molecule has 0 aliphatic heterocycles. The highest BCUT2D eigenvalue weighted by Crippen LogP contribution is 2.22. The number of nitrogens with zero attached hydrogens (tertiary/aromatic N) is 1. The lowest BCUT2D eigenvalue weighted by Gasteiger charge is -2.09. The number of rotatable bonds is 3. The van der Waals surface area contributed by atoms with Crippen molar-refractivity contribution < 1.29 is 0 Å². The fourth-order valence-electron chi connectivity index (χ4n) is 1.47. The van der Waals surface area contributed by atoms with Crippen molar-refractivity contribution in [1.29, 1.82) is 0 Å². The van der Waals surface area contributed by atoms with Crippen LogP contribution >= 0.6 is 33.9 Å². The van der Waals surface area contributed by atoms with Gasteiger partial charge in [0, 0.05) is 14.1 Å². The van der Waals surface area contributed by atoms with Gasteiger partial charge >= 0.3 is 0 Å². The van der Waals surface area contributed by atoms with E-state index in [1.807, 2.05) is 5.51 Å².